The number of hydrogen-bond acceptors (Lipinski definition) is 1. The van der Waals surface area contributed by atoms with Crippen molar-refractivity contribution >= 4 is 17.3 Å². The van der Waals surface area contributed by atoms with Gasteiger partial charge in [0.2, 0.25) is 0 Å². The van der Waals surface area contributed by atoms with Crippen LogP contribution in [-0.4, -0.2) is 5.88 Å². The van der Waals surface area contributed by atoms with Crippen molar-refractivity contribution in [3.63, 3.8) is 0 Å². The lowest BCUT2D eigenvalue weighted by Gasteiger charge is -2.09. The number of nitrogens with one attached hydrogen (secondary N) is 1. The zero-order valence-corrected chi connectivity index (χ0v) is 9.98. The Morgan fingerprint density at radius 1 is 1.40 bits per heavy atom. The molecule has 1 aromatic rings. The van der Waals surface area contributed by atoms with Crippen molar-refractivity contribution in [2.75, 3.05) is 11.2 Å². The van der Waals surface area contributed by atoms with Gasteiger partial charge in [0.25, 0.3) is 0 Å². The molecule has 0 saturated heterocycles. The predicted molar refractivity (Wildman–Crippen MR) is 68.5 cm³/mol. The molecule has 1 N–H and O–H groups in total. The average Bonchev–Trinajstić information content (AvgIpc) is 2.18. The molecular formula is C13H18ClN. The number of hydrogen-bond donors (Lipinski definition) is 1. The van der Waals surface area contributed by atoms with Gasteiger partial charge in [0.05, 0.1) is 0 Å². The molecule has 0 spiro atoms. The van der Waals surface area contributed by atoms with Crippen LogP contribution >= 0.6 is 11.6 Å². The molecule has 0 aliphatic heterocycles. The van der Waals surface area contributed by atoms with E-state index in [1.165, 1.54) is 5.56 Å². The molecule has 0 radical (unpaired) electrons. The summed E-state index contributed by atoms with van der Waals surface area (Å²) in [6.45, 7) is 6.08. The second-order valence-electron chi connectivity index (χ2n) is 3.74. The highest BCUT2D eigenvalue weighted by atomic mass is 35.5. The van der Waals surface area contributed by atoms with Gasteiger partial charge in [0.15, 0.2) is 0 Å². The Bertz CT molecular complexity index is 320. The Balaban J connectivity index is 2.37. The highest BCUT2D eigenvalue weighted by Crippen LogP contribution is 2.14. The molecule has 2 heteroatoms. The summed E-state index contributed by atoms with van der Waals surface area (Å²) in [5.74, 6) is 0.734. The van der Waals surface area contributed by atoms with Crippen LogP contribution in [0.3, 0.4) is 0 Å². The average molecular weight is 224 g/mol. The normalized spacial score (nSPS) is 10.0. The van der Waals surface area contributed by atoms with Gasteiger partial charge in [-0.3, -0.25) is 0 Å². The highest BCUT2D eigenvalue weighted by molar-refractivity contribution is 6.17. The molecule has 0 aliphatic carbocycles. The van der Waals surface area contributed by atoms with Gasteiger partial charge in [0, 0.05) is 17.3 Å². The Morgan fingerprint density at radius 3 is 2.87 bits per heavy atom. The van der Waals surface area contributed by atoms with E-state index in [1.807, 2.05) is 6.07 Å². The van der Waals surface area contributed by atoms with E-state index in [0.717, 1.165) is 36.5 Å². The Hall–Kier alpha value is -0.950. The van der Waals surface area contributed by atoms with Crippen LogP contribution in [0.15, 0.2) is 36.5 Å². The first kappa shape index (κ1) is 12.1. The number of halogens is 1. The number of anilines is 1. The van der Waals surface area contributed by atoms with Crippen molar-refractivity contribution in [3.05, 3.63) is 42.1 Å². The molecule has 0 aromatic heterocycles. The molecule has 0 fully saturated rings. The first-order valence-corrected chi connectivity index (χ1v) is 5.83. The minimum atomic E-state index is 0.734. The maximum absolute atomic E-state index is 5.62. The predicted octanol–water partition coefficient (Wildman–Crippen LogP) is 4.33. The van der Waals surface area contributed by atoms with Crippen LogP contribution in [0.1, 0.15) is 24.8 Å². The molecule has 1 nitrogen and oxygen atoms in total. The van der Waals surface area contributed by atoms with Crippen LogP contribution in [0.4, 0.5) is 5.69 Å². The van der Waals surface area contributed by atoms with Crippen molar-refractivity contribution in [1.82, 2.24) is 0 Å². The maximum Gasteiger partial charge on any atom is 0.0384 e. The van der Waals surface area contributed by atoms with Crippen LogP contribution in [0.25, 0.3) is 0 Å². The molecule has 0 saturated carbocycles. The SMILES string of the molecule is C=C(CCCCCl)Nc1cccc(C)c1. The number of allylic oxidation sites excluding steroid dienone is 1. The fraction of sp³-hybridized carbons (Fsp3) is 0.385. The summed E-state index contributed by atoms with van der Waals surface area (Å²) in [4.78, 5) is 0. The third-order valence-electron chi connectivity index (χ3n) is 2.20. The van der Waals surface area contributed by atoms with Gasteiger partial charge >= 0.3 is 0 Å². The van der Waals surface area contributed by atoms with E-state index < -0.39 is 0 Å². The zero-order valence-electron chi connectivity index (χ0n) is 9.22. The summed E-state index contributed by atoms with van der Waals surface area (Å²) >= 11 is 5.62. The van der Waals surface area contributed by atoms with Gasteiger partial charge in [-0.2, -0.15) is 0 Å². The van der Waals surface area contributed by atoms with Crippen LogP contribution in [0, 0.1) is 6.92 Å². The third kappa shape index (κ3) is 4.89. The number of aryl methyl sites for hydroxylation is 1. The minimum absolute atomic E-state index is 0.734. The van der Waals surface area contributed by atoms with Crippen molar-refractivity contribution < 1.29 is 0 Å². The van der Waals surface area contributed by atoms with E-state index in [0.29, 0.717) is 0 Å². The van der Waals surface area contributed by atoms with Gasteiger partial charge in [-0.1, -0.05) is 18.7 Å². The van der Waals surface area contributed by atoms with Crippen LogP contribution in [0.5, 0.6) is 0 Å². The fourth-order valence-electron chi connectivity index (χ4n) is 1.42. The smallest absolute Gasteiger partial charge is 0.0384 e. The van der Waals surface area contributed by atoms with Gasteiger partial charge < -0.3 is 5.32 Å². The summed E-state index contributed by atoms with van der Waals surface area (Å²) in [6.07, 6.45) is 3.14. The largest absolute Gasteiger partial charge is 0.359 e. The van der Waals surface area contributed by atoms with Crippen LogP contribution in [0.2, 0.25) is 0 Å². The summed E-state index contributed by atoms with van der Waals surface area (Å²) in [7, 11) is 0. The number of benzene rings is 1. The first-order chi connectivity index (χ1) is 7.22. The summed E-state index contributed by atoms with van der Waals surface area (Å²) in [6, 6.07) is 8.30. The van der Waals surface area contributed by atoms with Gasteiger partial charge in [-0.25, -0.2) is 0 Å². The van der Waals surface area contributed by atoms with Crippen molar-refractivity contribution in [3.8, 4) is 0 Å². The Labute approximate surface area is 97.1 Å². The maximum atomic E-state index is 5.62. The summed E-state index contributed by atoms with van der Waals surface area (Å²) in [5.41, 5.74) is 3.44. The van der Waals surface area contributed by atoms with Crippen LogP contribution in [-0.2, 0) is 0 Å². The quantitative estimate of drug-likeness (QED) is 0.559. The molecule has 15 heavy (non-hydrogen) atoms. The molecule has 0 bridgehead atoms. The third-order valence-corrected chi connectivity index (χ3v) is 2.47. The molecular weight excluding hydrogens is 206 g/mol. The molecule has 1 aromatic carbocycles. The molecule has 82 valence electrons. The van der Waals surface area contributed by atoms with E-state index in [-0.39, 0.29) is 0 Å². The highest BCUT2D eigenvalue weighted by Gasteiger charge is 1.96. The molecule has 0 amide bonds. The number of unbranched alkanes of at least 4 members (excludes halogenated alkanes) is 1. The van der Waals surface area contributed by atoms with E-state index in [9.17, 15) is 0 Å². The lowest BCUT2D eigenvalue weighted by molar-refractivity contribution is 0.796. The lowest BCUT2D eigenvalue weighted by Crippen LogP contribution is -1.98. The van der Waals surface area contributed by atoms with Crippen molar-refractivity contribution in [2.24, 2.45) is 0 Å². The fourth-order valence-corrected chi connectivity index (χ4v) is 1.61. The van der Waals surface area contributed by atoms with Crippen molar-refractivity contribution in [1.29, 1.82) is 0 Å². The van der Waals surface area contributed by atoms with Gasteiger partial charge in [-0.05, 0) is 43.9 Å². The Morgan fingerprint density at radius 2 is 2.20 bits per heavy atom. The lowest BCUT2D eigenvalue weighted by atomic mass is 10.2. The Kier molecular flexibility index (Phi) is 5.27. The number of alkyl halides is 1. The molecule has 1 rings (SSSR count). The van der Waals surface area contributed by atoms with E-state index in [1.54, 1.807) is 0 Å². The molecule has 0 unspecified atom stereocenters. The van der Waals surface area contributed by atoms with E-state index >= 15 is 0 Å². The zero-order chi connectivity index (χ0) is 11.1. The molecule has 0 heterocycles. The standard InChI is InChI=1S/C13H18ClN/c1-11-6-5-8-13(10-11)15-12(2)7-3-4-9-14/h5-6,8,10,15H,2-4,7,9H2,1H3. The molecule has 0 aliphatic rings. The van der Waals surface area contributed by atoms with Crippen molar-refractivity contribution in [2.45, 2.75) is 26.2 Å². The second kappa shape index (κ2) is 6.52. The summed E-state index contributed by atoms with van der Waals surface area (Å²) < 4.78 is 0. The van der Waals surface area contributed by atoms with E-state index in [2.05, 4.69) is 37.0 Å². The van der Waals surface area contributed by atoms with E-state index in [4.69, 9.17) is 11.6 Å². The monoisotopic (exact) mass is 223 g/mol. The van der Waals surface area contributed by atoms with Crippen LogP contribution < -0.4 is 5.32 Å². The topological polar surface area (TPSA) is 12.0 Å². The first-order valence-electron chi connectivity index (χ1n) is 5.30. The molecule has 0 atom stereocenters. The van der Waals surface area contributed by atoms with Gasteiger partial charge in [0.1, 0.15) is 0 Å². The second-order valence-corrected chi connectivity index (χ2v) is 4.12. The van der Waals surface area contributed by atoms with Gasteiger partial charge in [-0.15, -0.1) is 11.6 Å². The minimum Gasteiger partial charge on any atom is -0.359 e. The summed E-state index contributed by atoms with van der Waals surface area (Å²) in [5, 5.41) is 3.30. The number of rotatable bonds is 6.